The molecule has 590 valence electrons. The summed E-state index contributed by atoms with van der Waals surface area (Å²) in [5, 5.41) is 0. The summed E-state index contributed by atoms with van der Waals surface area (Å²) >= 11 is 0. The molecule has 0 N–H and O–H groups in total. The zero-order valence-corrected chi connectivity index (χ0v) is 71.6. The minimum absolute atomic E-state index is 0.0213. The number of benzene rings is 13. The van der Waals surface area contributed by atoms with Crippen molar-refractivity contribution in [2.75, 3.05) is 14.7 Å². The van der Waals surface area contributed by atoms with Crippen molar-refractivity contribution in [3.63, 3.8) is 0 Å². The molecule has 13 aromatic rings. The largest absolute Gasteiger partial charge is 0.338 e. The van der Waals surface area contributed by atoms with Gasteiger partial charge in [0, 0.05) is 75.0 Å². The van der Waals surface area contributed by atoms with Crippen LogP contribution in [0, 0.1) is 28.6 Å². The predicted molar refractivity (Wildman–Crippen MR) is 512 cm³/mol. The lowest BCUT2D eigenvalue weighted by Crippen LogP contribution is -2.70. The van der Waals surface area contributed by atoms with Crippen LogP contribution in [0.1, 0.15) is 119 Å². The Morgan fingerprint density at radius 1 is 0.333 bits per heavy atom. The molecule has 3 nitrogen and oxygen atoms in total. The van der Waals surface area contributed by atoms with Gasteiger partial charge in [-0.05, 0) is 219 Å². The Bertz CT molecular complexity index is 6080. The predicted octanol–water partition coefficient (Wildman–Crippen LogP) is 29.4. The average molecular weight is 1550 g/mol. The molecule has 120 heavy (non-hydrogen) atoms. The Kier molecular flexibility index (Phi) is 19.1. The lowest BCUT2D eigenvalue weighted by Gasteiger charge is -2.60. The number of allylic oxidation sites excluding steroid dienone is 12. The molecular weight excluding hydrogens is 1450 g/mol. The van der Waals surface area contributed by atoms with E-state index in [1.165, 1.54) is 173 Å². The Morgan fingerprint density at radius 3 is 1.16 bits per heavy atom. The van der Waals surface area contributed by atoms with Crippen LogP contribution in [0.4, 0.5) is 34.1 Å². The normalized spacial score (nSPS) is 19.7. The highest BCUT2D eigenvalue weighted by molar-refractivity contribution is 6.89. The highest BCUT2D eigenvalue weighted by Gasteiger charge is 2.59. The second-order valence-corrected chi connectivity index (χ2v) is 39.1. The lowest BCUT2D eigenvalue weighted by atomic mass is 9.26. The molecule has 4 heteroatoms. The summed E-state index contributed by atoms with van der Waals surface area (Å²) in [6, 6.07) is 124. The second-order valence-electron chi connectivity index (χ2n) is 39.1. The molecule has 1 fully saturated rings. The fraction of sp³-hybridized carbons (Fsp3) is 0.224. The number of fused-ring (bicyclic) bond motifs is 4. The minimum atomic E-state index is -0.201. The molecule has 7 unspecified atom stereocenters. The maximum Gasteiger partial charge on any atom is 0.221 e. The quantitative estimate of drug-likeness (QED) is 0.107. The van der Waals surface area contributed by atoms with Gasteiger partial charge in [-0.25, -0.2) is 0 Å². The van der Waals surface area contributed by atoms with Gasteiger partial charge in [-0.15, -0.1) is 0 Å². The van der Waals surface area contributed by atoms with Gasteiger partial charge in [0.1, 0.15) is 0 Å². The number of hydrogen-bond acceptors (Lipinski definition) is 3. The van der Waals surface area contributed by atoms with Crippen molar-refractivity contribution in [3.05, 3.63) is 403 Å². The van der Waals surface area contributed by atoms with E-state index in [9.17, 15) is 0 Å². The van der Waals surface area contributed by atoms with E-state index in [1.807, 2.05) is 0 Å². The Balaban J connectivity index is 0.940. The van der Waals surface area contributed by atoms with Crippen LogP contribution in [0.3, 0.4) is 0 Å². The third-order valence-electron chi connectivity index (χ3n) is 27.6. The second kappa shape index (κ2) is 29.9. The van der Waals surface area contributed by atoms with Crippen molar-refractivity contribution in [3.8, 4) is 77.9 Å². The van der Waals surface area contributed by atoms with Gasteiger partial charge in [0.25, 0.3) is 0 Å². The van der Waals surface area contributed by atoms with Crippen LogP contribution in [0.5, 0.6) is 0 Å². The summed E-state index contributed by atoms with van der Waals surface area (Å²) in [7, 11) is 0. The van der Waals surface area contributed by atoms with Gasteiger partial charge in [0.15, 0.2) is 0 Å². The van der Waals surface area contributed by atoms with E-state index in [0.717, 1.165) is 19.3 Å². The average Bonchev–Trinajstić information content (AvgIpc) is 0.681. The molecule has 0 aromatic heterocycles. The third kappa shape index (κ3) is 13.7. The van der Waals surface area contributed by atoms with Crippen molar-refractivity contribution < 1.29 is 0 Å². The first-order valence-electron chi connectivity index (χ1n) is 43.9. The fourth-order valence-electron chi connectivity index (χ4n) is 21.4. The van der Waals surface area contributed by atoms with Crippen LogP contribution in [0.2, 0.25) is 5.82 Å². The molecule has 2 heterocycles. The van der Waals surface area contributed by atoms with E-state index in [1.54, 1.807) is 0 Å². The van der Waals surface area contributed by atoms with Crippen LogP contribution in [-0.2, 0) is 10.8 Å². The maximum atomic E-state index is 2.99. The van der Waals surface area contributed by atoms with Crippen LogP contribution >= 0.6 is 0 Å². The van der Waals surface area contributed by atoms with Crippen LogP contribution in [-0.4, -0.2) is 24.8 Å². The van der Waals surface area contributed by atoms with Gasteiger partial charge in [0.2, 0.25) is 6.71 Å². The molecule has 1 saturated carbocycles. The SMILES string of the molecule is CC(C)(C)C1=CC2=C(c3ccc4c(c3)B3c5ccc(-c6ccccc6)cc5N(c5c(-c6ccccc6)cc(C(C)(C)C)cc5-c5ccccc5)C5CC(N(c6ccc(-c7ccccc7)cc6)c6ccc(-c7ccccc7)cc6)CC(C35)N4c3c(-c4ccccc4)cc(C(C)(C)C)cc3-c3ccccc3)C=C3C=C(C(C)(C)C)CC4C=CC(=C1)C2C34. The van der Waals surface area contributed by atoms with Crippen molar-refractivity contribution in [2.45, 2.75) is 137 Å². The molecule has 20 rings (SSSR count). The molecule has 2 aliphatic heterocycles. The van der Waals surface area contributed by atoms with E-state index in [0.29, 0.717) is 11.8 Å². The third-order valence-corrected chi connectivity index (χ3v) is 27.6. The summed E-state index contributed by atoms with van der Waals surface area (Å²) < 4.78 is 0. The van der Waals surface area contributed by atoms with Crippen LogP contribution in [0.15, 0.2) is 386 Å². The van der Waals surface area contributed by atoms with Gasteiger partial charge in [-0.1, -0.05) is 391 Å². The Hall–Kier alpha value is -12.2. The minimum Gasteiger partial charge on any atom is -0.338 e. The van der Waals surface area contributed by atoms with E-state index < -0.39 is 0 Å². The molecule has 0 saturated heterocycles. The van der Waals surface area contributed by atoms with Gasteiger partial charge < -0.3 is 14.7 Å². The Labute approximate surface area is 713 Å². The van der Waals surface area contributed by atoms with Crippen LogP contribution < -0.4 is 25.6 Å². The molecule has 0 amide bonds. The maximum absolute atomic E-state index is 2.99. The summed E-state index contributed by atoms with van der Waals surface area (Å²) in [6.45, 7) is 28.8. The van der Waals surface area contributed by atoms with Gasteiger partial charge >= 0.3 is 0 Å². The smallest absolute Gasteiger partial charge is 0.221 e. The van der Waals surface area contributed by atoms with Gasteiger partial charge in [0.05, 0.1) is 11.4 Å². The summed E-state index contributed by atoms with van der Waals surface area (Å²) in [5.74, 6) is 0.967. The standard InChI is InChI=1S/C116H108BN3/c1-113(2,3)89-62-86-48-49-87-63-90(114(4,5)6)72-101-96(65-88(64-89)108(86)109(87)101)85-55-61-104-103(66-85)117-102-60-54-84(77-38-24-15-25-39-77)67-105(102)120(112-99(82-44-30-18-31-45-82)70-92(116(10,11)12)71-100(112)83-46-32-19-33-47-83)107-74-95(118(93-56-50-78(51-57-93)75-34-20-13-21-35-75)94-58-52-79(53-59-94)76-36-22-14-23-37-76)73-106(110(107)117)119(104)111-97(80-40-26-16-27-41-80)68-91(115(7,8)9)69-98(111)81-42-28-17-29-43-81/h13-61,63-72,86,95,106-110H,62,73-74H2,1-12H3. The first-order chi connectivity index (χ1) is 58.0. The van der Waals surface area contributed by atoms with Crippen molar-refractivity contribution in [1.82, 2.24) is 0 Å². The number of hydrogen-bond donors (Lipinski definition) is 0. The fourth-order valence-corrected chi connectivity index (χ4v) is 21.4. The van der Waals surface area contributed by atoms with Crippen molar-refractivity contribution in [1.29, 1.82) is 0 Å². The highest BCUT2D eigenvalue weighted by atomic mass is 15.3. The molecule has 7 aliphatic rings. The zero-order valence-electron chi connectivity index (χ0n) is 71.6. The number of rotatable bonds is 13. The van der Waals surface area contributed by atoms with Crippen molar-refractivity contribution in [2.24, 2.45) is 28.6 Å². The summed E-state index contributed by atoms with van der Waals surface area (Å²) in [5.41, 5.74) is 39.1. The van der Waals surface area contributed by atoms with E-state index in [2.05, 4.69) is 456 Å². The zero-order chi connectivity index (χ0) is 82.1. The topological polar surface area (TPSA) is 9.72 Å². The van der Waals surface area contributed by atoms with E-state index in [4.69, 9.17) is 0 Å². The first kappa shape index (κ1) is 76.4. The molecule has 13 aromatic carbocycles. The van der Waals surface area contributed by atoms with Crippen LogP contribution in [0.25, 0.3) is 83.5 Å². The number of nitrogens with zero attached hydrogens (tertiary/aromatic N) is 3. The lowest BCUT2D eigenvalue weighted by molar-refractivity contribution is 0.328. The molecule has 7 atom stereocenters. The molecule has 0 spiro atoms. The molecule has 0 bridgehead atoms. The Morgan fingerprint density at radius 2 is 0.733 bits per heavy atom. The first-order valence-corrected chi connectivity index (χ1v) is 43.9. The van der Waals surface area contributed by atoms with E-state index >= 15 is 0 Å². The van der Waals surface area contributed by atoms with Crippen molar-refractivity contribution >= 4 is 57.3 Å². The van der Waals surface area contributed by atoms with E-state index in [-0.39, 0.29) is 58.2 Å². The van der Waals surface area contributed by atoms with Gasteiger partial charge in [-0.3, -0.25) is 0 Å². The summed E-state index contributed by atoms with van der Waals surface area (Å²) in [6.07, 6.45) is 18.4. The number of anilines is 6. The monoisotopic (exact) mass is 1550 g/mol. The summed E-state index contributed by atoms with van der Waals surface area (Å²) in [4.78, 5) is 8.77. The molecular formula is C116H108BN3. The highest BCUT2D eigenvalue weighted by Crippen LogP contribution is 2.62. The molecule has 5 aliphatic carbocycles. The van der Waals surface area contributed by atoms with Gasteiger partial charge in [-0.2, -0.15) is 0 Å². The molecule has 0 radical (unpaired) electrons.